The second kappa shape index (κ2) is 4.74. The third kappa shape index (κ3) is 2.47. The third-order valence-electron chi connectivity index (χ3n) is 2.46. The lowest BCUT2D eigenvalue weighted by Gasteiger charge is -2.06. The topological polar surface area (TPSA) is 25.8 Å². The van der Waals surface area contributed by atoms with E-state index in [1.807, 2.05) is 6.07 Å². The van der Waals surface area contributed by atoms with Crippen molar-refractivity contribution >= 4 is 15.9 Å². The Morgan fingerprint density at radius 1 is 1.06 bits per heavy atom. The van der Waals surface area contributed by atoms with Gasteiger partial charge in [-0.25, -0.2) is 9.97 Å². The first-order valence-electron chi connectivity index (χ1n) is 5.25. The normalized spacial score (nSPS) is 10.8. The monoisotopic (exact) mass is 276 g/mol. The van der Waals surface area contributed by atoms with E-state index in [2.05, 4.69) is 64.0 Å². The van der Waals surface area contributed by atoms with E-state index in [0.29, 0.717) is 5.92 Å². The van der Waals surface area contributed by atoms with Gasteiger partial charge in [-0.2, -0.15) is 0 Å². The van der Waals surface area contributed by atoms with Crippen molar-refractivity contribution in [3.8, 4) is 11.4 Å². The largest absolute Gasteiger partial charge is 0.237 e. The van der Waals surface area contributed by atoms with Crippen LogP contribution >= 0.6 is 15.9 Å². The summed E-state index contributed by atoms with van der Waals surface area (Å²) in [5.74, 6) is 1.31. The van der Waals surface area contributed by atoms with E-state index in [1.54, 1.807) is 6.20 Å². The number of hydrogen-bond donors (Lipinski definition) is 0. The third-order valence-corrected chi connectivity index (χ3v) is 2.90. The predicted octanol–water partition coefficient (Wildman–Crippen LogP) is 4.03. The summed E-state index contributed by atoms with van der Waals surface area (Å²) in [6.45, 7) is 4.37. The van der Waals surface area contributed by atoms with Crippen LogP contribution in [-0.4, -0.2) is 9.97 Å². The van der Waals surface area contributed by atoms with E-state index in [4.69, 9.17) is 0 Å². The summed E-state index contributed by atoms with van der Waals surface area (Å²) in [6, 6.07) is 10.2. The van der Waals surface area contributed by atoms with E-state index >= 15 is 0 Å². The summed E-state index contributed by atoms with van der Waals surface area (Å²) in [5.41, 5.74) is 2.38. The predicted molar refractivity (Wildman–Crippen MR) is 69.3 cm³/mol. The zero-order chi connectivity index (χ0) is 11.5. The van der Waals surface area contributed by atoms with E-state index in [9.17, 15) is 0 Å². The maximum atomic E-state index is 4.32. The fourth-order valence-electron chi connectivity index (χ4n) is 1.49. The van der Waals surface area contributed by atoms with Crippen LogP contribution in [0.1, 0.15) is 25.3 Å². The molecule has 2 nitrogen and oxygen atoms in total. The van der Waals surface area contributed by atoms with Crippen molar-refractivity contribution in [1.29, 1.82) is 0 Å². The van der Waals surface area contributed by atoms with Crippen LogP contribution in [0.3, 0.4) is 0 Å². The summed E-state index contributed by atoms with van der Waals surface area (Å²) in [5, 5.41) is 0. The molecule has 0 unspecified atom stereocenters. The van der Waals surface area contributed by atoms with Gasteiger partial charge in [-0.1, -0.05) is 38.1 Å². The van der Waals surface area contributed by atoms with Gasteiger partial charge in [0.1, 0.15) is 4.60 Å². The molecule has 1 heterocycles. The van der Waals surface area contributed by atoms with Crippen molar-refractivity contribution in [2.45, 2.75) is 19.8 Å². The molecule has 1 aromatic carbocycles. The Bertz CT molecular complexity index is 478. The number of nitrogens with zero attached hydrogens (tertiary/aromatic N) is 2. The summed E-state index contributed by atoms with van der Waals surface area (Å²) >= 11 is 3.35. The summed E-state index contributed by atoms with van der Waals surface area (Å²) in [4.78, 5) is 8.57. The van der Waals surface area contributed by atoms with Crippen LogP contribution in [0.15, 0.2) is 41.1 Å². The SMILES string of the molecule is CC(C)c1ccc(-c2nccc(Br)n2)cc1. The first-order valence-corrected chi connectivity index (χ1v) is 6.05. The number of aromatic nitrogens is 2. The number of benzene rings is 1. The second-order valence-corrected chi connectivity index (χ2v) is 4.79. The maximum absolute atomic E-state index is 4.32. The zero-order valence-electron chi connectivity index (χ0n) is 9.31. The van der Waals surface area contributed by atoms with Crippen LogP contribution in [0.5, 0.6) is 0 Å². The lowest BCUT2D eigenvalue weighted by atomic mass is 10.0. The molecule has 0 spiro atoms. The second-order valence-electron chi connectivity index (χ2n) is 3.98. The molecule has 1 aromatic heterocycles. The molecule has 0 aliphatic heterocycles. The highest BCUT2D eigenvalue weighted by Crippen LogP contribution is 2.20. The van der Waals surface area contributed by atoms with Gasteiger partial charge in [0, 0.05) is 11.8 Å². The van der Waals surface area contributed by atoms with Gasteiger partial charge in [-0.15, -0.1) is 0 Å². The van der Waals surface area contributed by atoms with Crippen molar-refractivity contribution in [1.82, 2.24) is 9.97 Å². The van der Waals surface area contributed by atoms with E-state index < -0.39 is 0 Å². The van der Waals surface area contributed by atoms with Crippen LogP contribution in [0.25, 0.3) is 11.4 Å². The van der Waals surface area contributed by atoms with Crippen molar-refractivity contribution in [3.05, 3.63) is 46.7 Å². The van der Waals surface area contributed by atoms with Crippen molar-refractivity contribution < 1.29 is 0 Å². The van der Waals surface area contributed by atoms with Gasteiger partial charge < -0.3 is 0 Å². The summed E-state index contributed by atoms with van der Waals surface area (Å²) < 4.78 is 0.811. The molecule has 0 fully saturated rings. The Labute approximate surface area is 104 Å². The zero-order valence-corrected chi connectivity index (χ0v) is 10.9. The van der Waals surface area contributed by atoms with Crippen LogP contribution in [0.2, 0.25) is 0 Å². The Morgan fingerprint density at radius 3 is 2.31 bits per heavy atom. The molecule has 0 saturated carbocycles. The molecule has 0 amide bonds. The summed E-state index contributed by atoms with van der Waals surface area (Å²) in [7, 11) is 0. The first-order chi connectivity index (χ1) is 7.66. The van der Waals surface area contributed by atoms with E-state index in [0.717, 1.165) is 16.0 Å². The van der Waals surface area contributed by atoms with Crippen molar-refractivity contribution in [3.63, 3.8) is 0 Å². The molecular weight excluding hydrogens is 264 g/mol. The van der Waals surface area contributed by atoms with Gasteiger partial charge in [0.2, 0.25) is 0 Å². The number of rotatable bonds is 2. The number of hydrogen-bond acceptors (Lipinski definition) is 2. The molecule has 0 radical (unpaired) electrons. The molecule has 0 aliphatic carbocycles. The Morgan fingerprint density at radius 2 is 1.75 bits per heavy atom. The fraction of sp³-hybridized carbons (Fsp3) is 0.231. The van der Waals surface area contributed by atoms with Crippen LogP contribution in [0.4, 0.5) is 0 Å². The molecule has 0 bridgehead atoms. The molecule has 2 rings (SSSR count). The molecule has 16 heavy (non-hydrogen) atoms. The van der Waals surface area contributed by atoms with Gasteiger partial charge in [-0.05, 0) is 33.5 Å². The van der Waals surface area contributed by atoms with E-state index in [1.165, 1.54) is 5.56 Å². The average molecular weight is 277 g/mol. The molecule has 2 aromatic rings. The molecule has 0 atom stereocenters. The fourth-order valence-corrected chi connectivity index (χ4v) is 1.78. The van der Waals surface area contributed by atoms with Gasteiger partial charge in [0.15, 0.2) is 5.82 Å². The molecule has 3 heteroatoms. The first kappa shape index (κ1) is 11.3. The van der Waals surface area contributed by atoms with Gasteiger partial charge in [0.05, 0.1) is 0 Å². The highest BCUT2D eigenvalue weighted by Gasteiger charge is 2.03. The van der Waals surface area contributed by atoms with Gasteiger partial charge in [-0.3, -0.25) is 0 Å². The van der Waals surface area contributed by atoms with Gasteiger partial charge >= 0.3 is 0 Å². The van der Waals surface area contributed by atoms with Crippen LogP contribution in [-0.2, 0) is 0 Å². The standard InChI is InChI=1S/C13H13BrN2/c1-9(2)10-3-5-11(6-4-10)13-15-8-7-12(14)16-13/h3-9H,1-2H3. The minimum Gasteiger partial charge on any atom is -0.237 e. The molecule has 0 saturated heterocycles. The summed E-state index contributed by atoms with van der Waals surface area (Å²) in [6.07, 6.45) is 1.75. The highest BCUT2D eigenvalue weighted by molar-refractivity contribution is 9.10. The average Bonchev–Trinajstić information content (AvgIpc) is 2.29. The molecule has 0 N–H and O–H groups in total. The van der Waals surface area contributed by atoms with Gasteiger partial charge in [0.25, 0.3) is 0 Å². The number of halogens is 1. The lowest BCUT2D eigenvalue weighted by molar-refractivity contribution is 0.867. The Kier molecular flexibility index (Phi) is 3.34. The Balaban J connectivity index is 2.35. The van der Waals surface area contributed by atoms with Crippen molar-refractivity contribution in [2.24, 2.45) is 0 Å². The van der Waals surface area contributed by atoms with Crippen LogP contribution in [0, 0.1) is 0 Å². The molecule has 82 valence electrons. The van der Waals surface area contributed by atoms with Crippen molar-refractivity contribution in [2.75, 3.05) is 0 Å². The highest BCUT2D eigenvalue weighted by atomic mass is 79.9. The van der Waals surface area contributed by atoms with Crippen LogP contribution < -0.4 is 0 Å². The minimum absolute atomic E-state index is 0.553. The Hall–Kier alpha value is -1.22. The quantitative estimate of drug-likeness (QED) is 0.774. The molecular formula is C13H13BrN2. The smallest absolute Gasteiger partial charge is 0.160 e. The van der Waals surface area contributed by atoms with E-state index in [-0.39, 0.29) is 0 Å². The maximum Gasteiger partial charge on any atom is 0.160 e. The minimum atomic E-state index is 0.553. The lowest BCUT2D eigenvalue weighted by Crippen LogP contribution is -1.90. The molecule has 0 aliphatic rings.